The van der Waals surface area contributed by atoms with Gasteiger partial charge in [-0.25, -0.2) is 8.42 Å². The minimum Gasteiger partial charge on any atom is -0.352 e. The van der Waals surface area contributed by atoms with E-state index in [9.17, 15) is 13.2 Å². The van der Waals surface area contributed by atoms with E-state index in [0.717, 1.165) is 21.7 Å². The molecule has 0 unspecified atom stereocenters. The summed E-state index contributed by atoms with van der Waals surface area (Å²) in [6, 6.07) is 5.36. The lowest BCUT2D eigenvalue weighted by Crippen LogP contribution is -2.44. The molecule has 0 aromatic heterocycles. The van der Waals surface area contributed by atoms with E-state index >= 15 is 0 Å². The molecule has 0 radical (unpaired) electrons. The molecule has 0 heterocycles. The standard InChI is InChI=1S/C16H26N2O3S/c1-11(2)14(5)17-16(19)10-18(22(6,20)21)15-8-7-12(3)13(4)9-15/h7-9,11,14H,10H2,1-6H3,(H,17,19)/t14-/m1/s1. The zero-order valence-electron chi connectivity index (χ0n) is 14.2. The predicted octanol–water partition coefficient (Wildman–Crippen LogP) is 2.23. The number of rotatable bonds is 6. The zero-order chi connectivity index (χ0) is 17.1. The third kappa shape index (κ3) is 5.02. The number of hydrogen-bond acceptors (Lipinski definition) is 3. The summed E-state index contributed by atoms with van der Waals surface area (Å²) in [5, 5.41) is 2.83. The SMILES string of the molecule is Cc1ccc(N(CC(=O)N[C@H](C)C(C)C)S(C)(=O)=O)cc1C. The largest absolute Gasteiger partial charge is 0.352 e. The van der Waals surface area contributed by atoms with E-state index in [0.29, 0.717) is 5.69 Å². The number of nitrogens with zero attached hydrogens (tertiary/aromatic N) is 1. The molecule has 0 bridgehead atoms. The highest BCUT2D eigenvalue weighted by atomic mass is 32.2. The van der Waals surface area contributed by atoms with Crippen LogP contribution in [0.2, 0.25) is 0 Å². The van der Waals surface area contributed by atoms with Gasteiger partial charge in [0.2, 0.25) is 15.9 Å². The average Bonchev–Trinajstić information content (AvgIpc) is 2.38. The lowest BCUT2D eigenvalue weighted by molar-refractivity contribution is -0.120. The predicted molar refractivity (Wildman–Crippen MR) is 90.5 cm³/mol. The Morgan fingerprint density at radius 3 is 2.23 bits per heavy atom. The smallest absolute Gasteiger partial charge is 0.240 e. The number of anilines is 1. The first kappa shape index (κ1) is 18.5. The highest BCUT2D eigenvalue weighted by Crippen LogP contribution is 2.21. The second-order valence-corrected chi connectivity index (χ2v) is 8.05. The van der Waals surface area contributed by atoms with Gasteiger partial charge in [0.1, 0.15) is 6.54 Å². The molecule has 1 rings (SSSR count). The molecule has 5 nitrogen and oxygen atoms in total. The van der Waals surface area contributed by atoms with Crippen molar-refractivity contribution in [3.05, 3.63) is 29.3 Å². The van der Waals surface area contributed by atoms with Gasteiger partial charge in [-0.05, 0) is 49.9 Å². The quantitative estimate of drug-likeness (QED) is 0.872. The Morgan fingerprint density at radius 2 is 1.77 bits per heavy atom. The monoisotopic (exact) mass is 326 g/mol. The van der Waals surface area contributed by atoms with Crippen LogP contribution >= 0.6 is 0 Å². The third-order valence-electron chi connectivity index (χ3n) is 3.85. The van der Waals surface area contributed by atoms with E-state index in [-0.39, 0.29) is 24.4 Å². The Kier molecular flexibility index (Phi) is 6.00. The van der Waals surface area contributed by atoms with Crippen LogP contribution in [0.4, 0.5) is 5.69 Å². The summed E-state index contributed by atoms with van der Waals surface area (Å²) in [6.45, 7) is 9.58. The molecule has 1 amide bonds. The van der Waals surface area contributed by atoms with Crippen LogP contribution in [0.15, 0.2) is 18.2 Å². The minimum atomic E-state index is -3.53. The first-order chi connectivity index (χ1) is 10.0. The molecule has 1 aromatic carbocycles. The van der Waals surface area contributed by atoms with E-state index in [1.54, 1.807) is 12.1 Å². The lowest BCUT2D eigenvalue weighted by Gasteiger charge is -2.24. The summed E-state index contributed by atoms with van der Waals surface area (Å²) in [4.78, 5) is 12.1. The zero-order valence-corrected chi connectivity index (χ0v) is 15.0. The first-order valence-corrected chi connectivity index (χ1v) is 9.21. The number of sulfonamides is 1. The summed E-state index contributed by atoms with van der Waals surface area (Å²) in [7, 11) is -3.53. The first-order valence-electron chi connectivity index (χ1n) is 7.36. The van der Waals surface area contributed by atoms with Crippen LogP contribution in [-0.2, 0) is 14.8 Å². The minimum absolute atomic E-state index is 0.00587. The van der Waals surface area contributed by atoms with Crippen molar-refractivity contribution in [2.45, 2.75) is 40.7 Å². The molecular formula is C16H26N2O3S. The van der Waals surface area contributed by atoms with Crippen molar-refractivity contribution in [2.24, 2.45) is 5.92 Å². The summed E-state index contributed by atoms with van der Waals surface area (Å²) in [5.74, 6) is -0.0119. The van der Waals surface area contributed by atoms with Gasteiger partial charge < -0.3 is 5.32 Å². The van der Waals surface area contributed by atoms with Crippen LogP contribution in [0.1, 0.15) is 31.9 Å². The number of aryl methyl sites for hydroxylation is 2. The molecule has 0 saturated carbocycles. The van der Waals surface area contributed by atoms with Gasteiger partial charge >= 0.3 is 0 Å². The highest BCUT2D eigenvalue weighted by Gasteiger charge is 2.22. The summed E-state index contributed by atoms with van der Waals surface area (Å²) < 4.78 is 25.2. The van der Waals surface area contributed by atoms with E-state index in [1.807, 2.05) is 40.7 Å². The van der Waals surface area contributed by atoms with Crippen LogP contribution in [-0.4, -0.2) is 33.2 Å². The van der Waals surface area contributed by atoms with Gasteiger partial charge in [-0.3, -0.25) is 9.10 Å². The normalized spacial score (nSPS) is 13.0. The van der Waals surface area contributed by atoms with Gasteiger partial charge in [0.15, 0.2) is 0 Å². The van der Waals surface area contributed by atoms with Crippen molar-refractivity contribution in [3.8, 4) is 0 Å². The van der Waals surface area contributed by atoms with Crippen LogP contribution in [0.3, 0.4) is 0 Å². The molecule has 0 aliphatic rings. The second-order valence-electron chi connectivity index (χ2n) is 6.14. The summed E-state index contributed by atoms with van der Waals surface area (Å²) in [6.07, 6.45) is 1.11. The van der Waals surface area contributed by atoms with Crippen molar-refractivity contribution in [2.75, 3.05) is 17.1 Å². The molecule has 0 aliphatic carbocycles. The maximum absolute atomic E-state index is 12.1. The molecule has 1 atom stereocenters. The molecule has 0 fully saturated rings. The number of nitrogens with one attached hydrogen (secondary N) is 1. The summed E-state index contributed by atoms with van der Waals surface area (Å²) >= 11 is 0. The Hall–Kier alpha value is -1.56. The van der Waals surface area contributed by atoms with Crippen LogP contribution < -0.4 is 9.62 Å². The third-order valence-corrected chi connectivity index (χ3v) is 5.00. The molecule has 6 heteroatoms. The van der Waals surface area contributed by atoms with E-state index in [2.05, 4.69) is 5.32 Å². The molecule has 124 valence electrons. The van der Waals surface area contributed by atoms with Gasteiger partial charge in [0, 0.05) is 6.04 Å². The van der Waals surface area contributed by atoms with Gasteiger partial charge in [-0.15, -0.1) is 0 Å². The molecule has 0 saturated heterocycles. The number of carbonyl (C=O) groups is 1. The fourth-order valence-corrected chi connectivity index (χ4v) is 2.73. The van der Waals surface area contributed by atoms with Crippen LogP contribution in [0.5, 0.6) is 0 Å². The fourth-order valence-electron chi connectivity index (χ4n) is 1.88. The Morgan fingerprint density at radius 1 is 1.18 bits per heavy atom. The van der Waals surface area contributed by atoms with Crippen molar-refractivity contribution in [3.63, 3.8) is 0 Å². The van der Waals surface area contributed by atoms with Crippen LogP contribution in [0.25, 0.3) is 0 Å². The topological polar surface area (TPSA) is 66.5 Å². The molecule has 0 aliphatic heterocycles. The number of hydrogen-bond donors (Lipinski definition) is 1. The van der Waals surface area contributed by atoms with E-state index in [1.165, 1.54) is 0 Å². The van der Waals surface area contributed by atoms with Gasteiger partial charge in [-0.2, -0.15) is 0 Å². The second kappa shape index (κ2) is 7.13. The fraction of sp³-hybridized carbons (Fsp3) is 0.562. The van der Waals surface area contributed by atoms with Gasteiger partial charge in [0.25, 0.3) is 0 Å². The van der Waals surface area contributed by atoms with Crippen LogP contribution in [0, 0.1) is 19.8 Å². The molecule has 22 heavy (non-hydrogen) atoms. The van der Waals surface area contributed by atoms with Gasteiger partial charge in [-0.1, -0.05) is 19.9 Å². The van der Waals surface area contributed by atoms with Gasteiger partial charge in [0.05, 0.1) is 11.9 Å². The van der Waals surface area contributed by atoms with Crippen molar-refractivity contribution >= 4 is 21.6 Å². The molecule has 1 aromatic rings. The average molecular weight is 326 g/mol. The molecule has 0 spiro atoms. The van der Waals surface area contributed by atoms with Crippen molar-refractivity contribution in [1.82, 2.24) is 5.32 Å². The van der Waals surface area contributed by atoms with Crippen molar-refractivity contribution in [1.29, 1.82) is 0 Å². The van der Waals surface area contributed by atoms with E-state index < -0.39 is 10.0 Å². The number of amides is 1. The maximum atomic E-state index is 12.1. The highest BCUT2D eigenvalue weighted by molar-refractivity contribution is 7.92. The number of benzene rings is 1. The molecule has 1 N–H and O–H groups in total. The molecular weight excluding hydrogens is 300 g/mol. The van der Waals surface area contributed by atoms with Crippen molar-refractivity contribution < 1.29 is 13.2 Å². The van der Waals surface area contributed by atoms with E-state index in [4.69, 9.17) is 0 Å². The number of carbonyl (C=O) groups excluding carboxylic acids is 1. The maximum Gasteiger partial charge on any atom is 0.240 e. The Balaban J connectivity index is 3.00. The Labute approximate surface area is 133 Å². The summed E-state index contributed by atoms with van der Waals surface area (Å²) in [5.41, 5.74) is 2.58. The Bertz CT molecular complexity index is 639. The lowest BCUT2D eigenvalue weighted by atomic mass is 10.1.